The minimum Gasteiger partial charge on any atom is -0.381 e. The monoisotopic (exact) mass is 266 g/mol. The van der Waals surface area contributed by atoms with Gasteiger partial charge >= 0.3 is 0 Å². The van der Waals surface area contributed by atoms with Gasteiger partial charge in [-0.2, -0.15) is 0 Å². The van der Waals surface area contributed by atoms with Crippen LogP contribution in [0.4, 0.5) is 0 Å². The average molecular weight is 267 g/mol. The number of rotatable bonds is 3. The smallest absolute Gasteiger partial charge is 0.238 e. The summed E-state index contributed by atoms with van der Waals surface area (Å²) in [5, 5.41) is 6.19. The molecule has 4 nitrogen and oxygen atoms in total. The van der Waals surface area contributed by atoms with E-state index >= 15 is 0 Å². The first-order valence-electron chi connectivity index (χ1n) is 5.53. The van der Waals surface area contributed by atoms with Gasteiger partial charge in [-0.1, -0.05) is 0 Å². The van der Waals surface area contributed by atoms with Gasteiger partial charge in [-0.3, -0.25) is 10.1 Å². The molecule has 2 aliphatic rings. The van der Waals surface area contributed by atoms with Crippen LogP contribution in [0.1, 0.15) is 12.8 Å². The maximum absolute atomic E-state index is 11.7. The third-order valence-corrected chi connectivity index (χ3v) is 3.88. The lowest BCUT2D eigenvalue weighted by Crippen LogP contribution is -2.44. The van der Waals surface area contributed by atoms with E-state index in [1.54, 1.807) is 11.8 Å². The van der Waals surface area contributed by atoms with Crippen molar-refractivity contribution in [1.82, 2.24) is 10.6 Å². The SMILES string of the molecule is Cl.O=C(NCC1CCOCC1)[C@H]1CSCN1. The van der Waals surface area contributed by atoms with E-state index in [0.29, 0.717) is 5.92 Å². The van der Waals surface area contributed by atoms with Crippen LogP contribution in [-0.2, 0) is 9.53 Å². The Morgan fingerprint density at radius 1 is 1.44 bits per heavy atom. The summed E-state index contributed by atoms with van der Waals surface area (Å²) < 4.78 is 5.28. The molecule has 0 aromatic rings. The molecule has 2 heterocycles. The van der Waals surface area contributed by atoms with Crippen LogP contribution in [0.2, 0.25) is 0 Å². The predicted molar refractivity (Wildman–Crippen MR) is 68.0 cm³/mol. The lowest BCUT2D eigenvalue weighted by atomic mass is 10.0. The zero-order valence-electron chi connectivity index (χ0n) is 9.24. The van der Waals surface area contributed by atoms with Crippen molar-refractivity contribution in [2.45, 2.75) is 18.9 Å². The standard InChI is InChI=1S/C10H18N2O2S.ClH/c13-10(9-6-15-7-12-9)11-5-8-1-3-14-4-2-8;/h8-9,12H,1-7H2,(H,11,13);1H/t9-;/m1./s1. The molecular formula is C10H19ClN2O2S. The molecule has 6 heteroatoms. The normalized spacial score (nSPS) is 26.1. The fraction of sp³-hybridized carbons (Fsp3) is 0.900. The van der Waals surface area contributed by atoms with Crippen molar-refractivity contribution in [3.63, 3.8) is 0 Å². The Labute approximate surface area is 107 Å². The summed E-state index contributed by atoms with van der Waals surface area (Å²) in [7, 11) is 0. The number of carbonyl (C=O) groups is 1. The second-order valence-electron chi connectivity index (χ2n) is 4.07. The van der Waals surface area contributed by atoms with Crippen molar-refractivity contribution in [2.75, 3.05) is 31.4 Å². The third-order valence-electron chi connectivity index (χ3n) is 2.94. The highest BCUT2D eigenvalue weighted by molar-refractivity contribution is 7.99. The Bertz CT molecular complexity index is 219. The first kappa shape index (κ1) is 14.1. The van der Waals surface area contributed by atoms with Gasteiger partial charge in [0.15, 0.2) is 0 Å². The first-order chi connectivity index (χ1) is 7.36. The number of hydrogen-bond acceptors (Lipinski definition) is 4. The van der Waals surface area contributed by atoms with Gasteiger partial charge < -0.3 is 10.1 Å². The van der Waals surface area contributed by atoms with Crippen molar-refractivity contribution in [3.05, 3.63) is 0 Å². The molecule has 94 valence electrons. The van der Waals surface area contributed by atoms with Crippen molar-refractivity contribution >= 4 is 30.1 Å². The highest BCUT2D eigenvalue weighted by Crippen LogP contribution is 2.14. The van der Waals surface area contributed by atoms with E-state index in [4.69, 9.17) is 4.74 Å². The maximum atomic E-state index is 11.7. The molecule has 0 radical (unpaired) electrons. The lowest BCUT2D eigenvalue weighted by Gasteiger charge is -2.22. The number of hydrogen-bond donors (Lipinski definition) is 2. The molecule has 2 saturated heterocycles. The topological polar surface area (TPSA) is 50.4 Å². The second-order valence-corrected chi connectivity index (χ2v) is 5.10. The van der Waals surface area contributed by atoms with Crippen molar-refractivity contribution < 1.29 is 9.53 Å². The van der Waals surface area contributed by atoms with Crippen LogP contribution in [0.15, 0.2) is 0 Å². The summed E-state index contributed by atoms with van der Waals surface area (Å²) in [6.45, 7) is 2.50. The van der Waals surface area contributed by atoms with Crippen LogP contribution in [0.5, 0.6) is 0 Å². The fourth-order valence-corrected chi connectivity index (χ4v) is 2.82. The zero-order valence-corrected chi connectivity index (χ0v) is 10.9. The van der Waals surface area contributed by atoms with Crippen LogP contribution in [0, 0.1) is 5.92 Å². The molecule has 2 N–H and O–H groups in total. The van der Waals surface area contributed by atoms with E-state index in [0.717, 1.165) is 44.2 Å². The van der Waals surface area contributed by atoms with Crippen LogP contribution in [0.25, 0.3) is 0 Å². The number of thioether (sulfide) groups is 1. The van der Waals surface area contributed by atoms with E-state index in [1.165, 1.54) is 0 Å². The summed E-state index contributed by atoms with van der Waals surface area (Å²) >= 11 is 1.78. The molecule has 2 rings (SSSR count). The molecule has 0 aromatic carbocycles. The van der Waals surface area contributed by atoms with E-state index in [2.05, 4.69) is 10.6 Å². The molecule has 0 aliphatic carbocycles. The van der Waals surface area contributed by atoms with Crippen molar-refractivity contribution in [1.29, 1.82) is 0 Å². The van der Waals surface area contributed by atoms with E-state index in [1.807, 2.05) is 0 Å². The number of halogens is 1. The van der Waals surface area contributed by atoms with E-state index in [-0.39, 0.29) is 24.4 Å². The van der Waals surface area contributed by atoms with Gasteiger partial charge in [0.25, 0.3) is 0 Å². The maximum Gasteiger partial charge on any atom is 0.238 e. The van der Waals surface area contributed by atoms with Crippen LogP contribution in [0.3, 0.4) is 0 Å². The van der Waals surface area contributed by atoms with Gasteiger partial charge in [0, 0.05) is 31.4 Å². The Hall–Kier alpha value is 0.0300. The Morgan fingerprint density at radius 3 is 2.81 bits per heavy atom. The number of carbonyl (C=O) groups excluding carboxylic acids is 1. The minimum atomic E-state index is 0. The molecule has 2 fully saturated rings. The van der Waals surface area contributed by atoms with Gasteiger partial charge in [0.2, 0.25) is 5.91 Å². The van der Waals surface area contributed by atoms with Crippen molar-refractivity contribution in [3.8, 4) is 0 Å². The molecule has 2 aliphatic heterocycles. The molecule has 0 bridgehead atoms. The summed E-state index contributed by atoms with van der Waals surface area (Å²) in [6, 6.07) is 0.0230. The third kappa shape index (κ3) is 4.13. The summed E-state index contributed by atoms with van der Waals surface area (Å²) in [5.41, 5.74) is 0. The van der Waals surface area contributed by atoms with E-state index < -0.39 is 0 Å². The molecule has 0 spiro atoms. The van der Waals surface area contributed by atoms with Gasteiger partial charge in [0.05, 0.1) is 6.04 Å². The predicted octanol–water partition coefficient (Wildman–Crippen LogP) is 0.613. The first-order valence-corrected chi connectivity index (χ1v) is 6.68. The Morgan fingerprint density at radius 2 is 2.19 bits per heavy atom. The number of nitrogens with one attached hydrogen (secondary N) is 2. The molecule has 1 amide bonds. The molecular weight excluding hydrogens is 248 g/mol. The van der Waals surface area contributed by atoms with Gasteiger partial charge in [-0.05, 0) is 18.8 Å². The molecule has 0 saturated carbocycles. The lowest BCUT2D eigenvalue weighted by molar-refractivity contribution is -0.122. The summed E-state index contributed by atoms with van der Waals surface area (Å²) in [4.78, 5) is 11.7. The second kappa shape index (κ2) is 7.37. The highest BCUT2D eigenvalue weighted by Gasteiger charge is 2.23. The highest BCUT2D eigenvalue weighted by atomic mass is 35.5. The quantitative estimate of drug-likeness (QED) is 0.786. The molecule has 0 aromatic heterocycles. The van der Waals surface area contributed by atoms with Crippen LogP contribution in [-0.4, -0.2) is 43.3 Å². The molecule has 0 unspecified atom stereocenters. The zero-order chi connectivity index (χ0) is 10.5. The van der Waals surface area contributed by atoms with Gasteiger partial charge in [-0.25, -0.2) is 0 Å². The van der Waals surface area contributed by atoms with Crippen molar-refractivity contribution in [2.24, 2.45) is 5.92 Å². The summed E-state index contributed by atoms with van der Waals surface area (Å²) in [5.74, 6) is 2.57. The van der Waals surface area contributed by atoms with Crippen LogP contribution >= 0.6 is 24.2 Å². The van der Waals surface area contributed by atoms with E-state index in [9.17, 15) is 4.79 Å². The summed E-state index contributed by atoms with van der Waals surface area (Å²) in [6.07, 6.45) is 2.15. The van der Waals surface area contributed by atoms with Crippen LogP contribution < -0.4 is 10.6 Å². The van der Waals surface area contributed by atoms with Gasteiger partial charge in [-0.15, -0.1) is 24.2 Å². The largest absolute Gasteiger partial charge is 0.381 e. The molecule has 1 atom stereocenters. The fourth-order valence-electron chi connectivity index (χ4n) is 1.88. The minimum absolute atomic E-state index is 0. The average Bonchev–Trinajstić information content (AvgIpc) is 2.81. The number of ether oxygens (including phenoxy) is 1. The number of amides is 1. The Kier molecular flexibility index (Phi) is 6.49. The Balaban J connectivity index is 0.00000128. The molecule has 16 heavy (non-hydrogen) atoms. The van der Waals surface area contributed by atoms with Gasteiger partial charge in [0.1, 0.15) is 0 Å².